The van der Waals surface area contributed by atoms with Gasteiger partial charge in [-0.15, -0.1) is 12.4 Å². The van der Waals surface area contributed by atoms with Gasteiger partial charge in [0.25, 0.3) is 0 Å². The number of aliphatic carboxylic acids is 1. The normalized spacial score (nSPS) is 15.5. The molecule has 1 aromatic rings. The number of hydrogen-bond acceptors (Lipinski definition) is 5. The number of nitrogens with zero attached hydrogens (tertiary/aromatic N) is 1. The zero-order valence-electron chi connectivity index (χ0n) is 15.8. The summed E-state index contributed by atoms with van der Waals surface area (Å²) in [4.78, 5) is 14.8. The van der Waals surface area contributed by atoms with E-state index in [2.05, 4.69) is 4.98 Å². The molecule has 0 saturated heterocycles. The molecule has 0 aliphatic heterocycles. The van der Waals surface area contributed by atoms with Gasteiger partial charge in [-0.25, -0.2) is 0 Å². The molecule has 1 aromatic heterocycles. The fourth-order valence-corrected chi connectivity index (χ4v) is 3.19. The molecule has 0 amide bonds. The lowest BCUT2D eigenvalue weighted by atomic mass is 10.0. The van der Waals surface area contributed by atoms with Gasteiger partial charge in [0.1, 0.15) is 0 Å². The van der Waals surface area contributed by atoms with Gasteiger partial charge in [0.05, 0.1) is 31.7 Å². The van der Waals surface area contributed by atoms with E-state index in [0.717, 1.165) is 25.7 Å². The van der Waals surface area contributed by atoms with Crippen molar-refractivity contribution in [2.75, 3.05) is 13.7 Å². The first-order chi connectivity index (χ1) is 12.6. The molecule has 0 bridgehead atoms. The molecule has 2 N–H and O–H groups in total. The van der Waals surface area contributed by atoms with E-state index in [9.17, 15) is 9.90 Å². The lowest BCUT2D eigenvalue weighted by Gasteiger charge is -2.13. The van der Waals surface area contributed by atoms with Crippen molar-refractivity contribution in [1.82, 2.24) is 4.98 Å². The molecule has 0 radical (unpaired) electrons. The highest BCUT2D eigenvalue weighted by Gasteiger charge is 2.20. The second-order valence-electron chi connectivity index (χ2n) is 6.71. The number of unbranched alkanes of at least 4 members (excludes halogenated alkanes) is 2. The lowest BCUT2D eigenvalue weighted by molar-refractivity contribution is -0.137. The minimum absolute atomic E-state index is 0. The molecule has 0 aromatic carbocycles. The highest BCUT2D eigenvalue weighted by atomic mass is 35.5. The van der Waals surface area contributed by atoms with Crippen LogP contribution in [0.4, 0.5) is 0 Å². The summed E-state index contributed by atoms with van der Waals surface area (Å²) >= 11 is 0. The first kappa shape index (κ1) is 23.2. The van der Waals surface area contributed by atoms with Crippen LogP contribution in [-0.4, -0.2) is 41.0 Å². The number of aromatic nitrogens is 1. The van der Waals surface area contributed by atoms with E-state index in [1.165, 1.54) is 12.8 Å². The Kier molecular flexibility index (Phi) is 10.8. The molecule has 0 spiro atoms. The molecule has 1 saturated carbocycles. The number of hydrogen-bond donors (Lipinski definition) is 2. The number of ether oxygens (including phenoxy) is 2. The summed E-state index contributed by atoms with van der Waals surface area (Å²) in [5.41, 5.74) is 0.715. The molecule has 2 rings (SSSR count). The third-order valence-electron chi connectivity index (χ3n) is 4.71. The number of methoxy groups -OCH3 is 1. The van der Waals surface area contributed by atoms with Crippen LogP contribution in [0.15, 0.2) is 18.3 Å². The highest BCUT2D eigenvalue weighted by Crippen LogP contribution is 2.29. The Balaban J connectivity index is 0.00000364. The molecule has 1 unspecified atom stereocenters. The maximum atomic E-state index is 10.5. The molecule has 6 nitrogen and oxygen atoms in total. The van der Waals surface area contributed by atoms with E-state index in [0.29, 0.717) is 36.1 Å². The van der Waals surface area contributed by atoms with Crippen molar-refractivity contribution in [3.63, 3.8) is 0 Å². The average Bonchev–Trinajstić information content (AvgIpc) is 3.17. The maximum Gasteiger partial charge on any atom is 0.303 e. The van der Waals surface area contributed by atoms with E-state index < -0.39 is 12.1 Å². The Morgan fingerprint density at radius 2 is 2.04 bits per heavy atom. The third-order valence-corrected chi connectivity index (χ3v) is 4.71. The second kappa shape index (κ2) is 12.6. The first-order valence-electron chi connectivity index (χ1n) is 9.35. The molecule has 1 heterocycles. The Hall–Kier alpha value is -1.79. The zero-order chi connectivity index (χ0) is 18.8. The summed E-state index contributed by atoms with van der Waals surface area (Å²) in [6.07, 6.45) is 11.8. The van der Waals surface area contributed by atoms with E-state index in [-0.39, 0.29) is 18.8 Å². The SMILES string of the molecule is COc1cc(C=CC(O)C2CCCC2)ncc1OCCCCCC(=O)O.Cl. The number of carboxylic acids is 1. The topological polar surface area (TPSA) is 88.9 Å². The fourth-order valence-electron chi connectivity index (χ4n) is 3.19. The van der Waals surface area contributed by atoms with Crippen molar-refractivity contribution in [3.8, 4) is 11.5 Å². The van der Waals surface area contributed by atoms with Crippen LogP contribution in [0.2, 0.25) is 0 Å². The predicted octanol–water partition coefficient (Wildman–Crippen LogP) is 4.10. The summed E-state index contributed by atoms with van der Waals surface area (Å²) in [7, 11) is 1.58. The Bertz CT molecular complexity index is 602. The fraction of sp³-hybridized carbons (Fsp3) is 0.600. The van der Waals surface area contributed by atoms with Crippen LogP contribution in [0.5, 0.6) is 11.5 Å². The summed E-state index contributed by atoms with van der Waals surface area (Å²) in [5, 5.41) is 18.8. The summed E-state index contributed by atoms with van der Waals surface area (Å²) < 4.78 is 11.1. The average molecular weight is 400 g/mol. The summed E-state index contributed by atoms with van der Waals surface area (Å²) in [6, 6.07) is 1.79. The largest absolute Gasteiger partial charge is 0.493 e. The van der Waals surface area contributed by atoms with Crippen molar-refractivity contribution in [2.24, 2.45) is 5.92 Å². The third kappa shape index (κ3) is 8.18. The van der Waals surface area contributed by atoms with Crippen LogP contribution in [0, 0.1) is 5.92 Å². The molecule has 152 valence electrons. The second-order valence-corrected chi connectivity index (χ2v) is 6.71. The molecular formula is C20H30ClNO5. The molecule has 7 heteroatoms. The first-order valence-corrected chi connectivity index (χ1v) is 9.35. The molecule has 27 heavy (non-hydrogen) atoms. The van der Waals surface area contributed by atoms with Crippen molar-refractivity contribution in [3.05, 3.63) is 24.0 Å². The smallest absolute Gasteiger partial charge is 0.303 e. The monoisotopic (exact) mass is 399 g/mol. The van der Waals surface area contributed by atoms with Crippen LogP contribution in [0.25, 0.3) is 6.08 Å². The van der Waals surface area contributed by atoms with Crippen LogP contribution in [0.3, 0.4) is 0 Å². The highest BCUT2D eigenvalue weighted by molar-refractivity contribution is 5.85. The van der Waals surface area contributed by atoms with Gasteiger partial charge in [0.2, 0.25) is 0 Å². The lowest BCUT2D eigenvalue weighted by Crippen LogP contribution is -2.14. The minimum atomic E-state index is -0.765. The number of carbonyl (C=O) groups is 1. The Labute approximate surface area is 167 Å². The van der Waals surface area contributed by atoms with Gasteiger partial charge in [-0.3, -0.25) is 9.78 Å². The van der Waals surface area contributed by atoms with Crippen molar-refractivity contribution in [2.45, 2.75) is 57.5 Å². The summed E-state index contributed by atoms with van der Waals surface area (Å²) in [5.74, 6) is 0.759. The summed E-state index contributed by atoms with van der Waals surface area (Å²) in [6.45, 7) is 0.493. The van der Waals surface area contributed by atoms with Gasteiger partial charge in [-0.1, -0.05) is 18.9 Å². The maximum absolute atomic E-state index is 10.5. The number of aliphatic hydroxyl groups excluding tert-OH is 1. The van der Waals surface area contributed by atoms with Crippen LogP contribution in [0.1, 0.15) is 57.1 Å². The molecule has 1 aliphatic rings. The standard InChI is InChI=1S/C20H29NO5.ClH/c1-25-18-13-16(10-11-17(22)15-7-4-5-8-15)21-14-19(18)26-12-6-2-3-9-20(23)24;/h10-11,13-15,17,22H,2-9,12H2,1H3,(H,23,24);1H. The van der Waals surface area contributed by atoms with Crippen LogP contribution >= 0.6 is 12.4 Å². The zero-order valence-corrected chi connectivity index (χ0v) is 16.6. The Morgan fingerprint density at radius 3 is 2.70 bits per heavy atom. The van der Waals surface area contributed by atoms with Gasteiger partial charge in [-0.05, 0) is 44.1 Å². The van der Waals surface area contributed by atoms with E-state index in [1.807, 2.05) is 6.08 Å². The van der Waals surface area contributed by atoms with Gasteiger partial charge >= 0.3 is 5.97 Å². The van der Waals surface area contributed by atoms with E-state index >= 15 is 0 Å². The number of pyridine rings is 1. The number of aliphatic hydroxyl groups is 1. The van der Waals surface area contributed by atoms with Crippen LogP contribution < -0.4 is 9.47 Å². The van der Waals surface area contributed by atoms with E-state index in [1.54, 1.807) is 25.4 Å². The van der Waals surface area contributed by atoms with E-state index in [4.69, 9.17) is 14.6 Å². The van der Waals surface area contributed by atoms with Crippen LogP contribution in [-0.2, 0) is 4.79 Å². The molecule has 1 aliphatic carbocycles. The quantitative estimate of drug-likeness (QED) is 0.544. The molecule has 1 fully saturated rings. The van der Waals surface area contributed by atoms with Gasteiger partial charge < -0.3 is 19.7 Å². The van der Waals surface area contributed by atoms with Gasteiger partial charge in [-0.2, -0.15) is 0 Å². The number of rotatable bonds is 11. The Morgan fingerprint density at radius 1 is 1.30 bits per heavy atom. The number of halogens is 1. The van der Waals surface area contributed by atoms with Crippen molar-refractivity contribution < 1.29 is 24.5 Å². The number of carboxylic acid groups (broad SMARTS) is 1. The van der Waals surface area contributed by atoms with Crippen molar-refractivity contribution >= 4 is 24.5 Å². The molecular weight excluding hydrogens is 370 g/mol. The van der Waals surface area contributed by atoms with Gasteiger partial charge in [0.15, 0.2) is 11.5 Å². The molecule has 1 atom stereocenters. The van der Waals surface area contributed by atoms with Crippen molar-refractivity contribution in [1.29, 1.82) is 0 Å². The predicted molar refractivity (Wildman–Crippen MR) is 107 cm³/mol. The van der Waals surface area contributed by atoms with Gasteiger partial charge in [0, 0.05) is 12.5 Å². The minimum Gasteiger partial charge on any atom is -0.493 e.